The lowest BCUT2D eigenvalue weighted by molar-refractivity contribution is 0.177. The smallest absolute Gasteiger partial charge is 0.205 e. The second-order valence-corrected chi connectivity index (χ2v) is 6.69. The highest BCUT2D eigenvalue weighted by atomic mass is 32.2. The second-order valence-electron chi connectivity index (χ2n) is 5.81. The predicted octanol–water partition coefficient (Wildman–Crippen LogP) is 3.88. The average molecular weight is 353 g/mol. The number of hydrogen-bond acceptors (Lipinski definition) is 4. The number of aryl methyl sites for hydroxylation is 1. The zero-order chi connectivity index (χ0) is 17.6. The van der Waals surface area contributed by atoms with Gasteiger partial charge in [-0.3, -0.25) is 4.57 Å². The topological polar surface area (TPSA) is 50.4 Å². The van der Waals surface area contributed by atoms with Crippen LogP contribution in [0.15, 0.2) is 58.5 Å². The molecule has 2 aromatic carbocycles. The first-order valence-corrected chi connectivity index (χ1v) is 9.06. The maximum Gasteiger partial charge on any atom is 0.205 e. The summed E-state index contributed by atoms with van der Waals surface area (Å²) in [6, 6.07) is 12.4. The highest BCUT2D eigenvalue weighted by molar-refractivity contribution is 7.98. The van der Waals surface area contributed by atoms with Crippen molar-refractivity contribution in [2.45, 2.75) is 18.0 Å². The number of imidazole rings is 1. The van der Waals surface area contributed by atoms with Gasteiger partial charge in [0.2, 0.25) is 6.23 Å². The van der Waals surface area contributed by atoms with Gasteiger partial charge in [0.25, 0.3) is 0 Å². The van der Waals surface area contributed by atoms with Gasteiger partial charge in [0.1, 0.15) is 5.82 Å². The van der Waals surface area contributed by atoms with Crippen LogP contribution in [0.5, 0.6) is 0 Å². The average Bonchev–Trinajstić information content (AvgIpc) is 2.95. The van der Waals surface area contributed by atoms with Gasteiger partial charge in [-0.25, -0.2) is 14.4 Å². The van der Waals surface area contributed by atoms with Gasteiger partial charge in [0, 0.05) is 27.9 Å². The number of thioether (sulfide) groups is 1. The first-order chi connectivity index (χ1) is 12.1. The van der Waals surface area contributed by atoms with Crippen LogP contribution >= 0.6 is 11.8 Å². The van der Waals surface area contributed by atoms with Crippen molar-refractivity contribution < 1.29 is 9.50 Å². The van der Waals surface area contributed by atoms with Crippen LogP contribution in [-0.4, -0.2) is 26.6 Å². The van der Waals surface area contributed by atoms with Gasteiger partial charge in [0.15, 0.2) is 5.82 Å². The zero-order valence-electron chi connectivity index (χ0n) is 13.8. The normalized spacial score (nSPS) is 16.0. The van der Waals surface area contributed by atoms with Crippen molar-refractivity contribution in [2.24, 2.45) is 4.99 Å². The summed E-state index contributed by atoms with van der Waals surface area (Å²) in [4.78, 5) is 9.75. The number of halogens is 1. The highest BCUT2D eigenvalue weighted by Gasteiger charge is 2.27. The van der Waals surface area contributed by atoms with E-state index in [1.165, 1.54) is 6.07 Å². The van der Waals surface area contributed by atoms with E-state index < -0.39 is 6.23 Å². The minimum Gasteiger partial charge on any atom is -0.365 e. The van der Waals surface area contributed by atoms with Gasteiger partial charge in [-0.1, -0.05) is 12.1 Å². The van der Waals surface area contributed by atoms with Crippen LogP contribution in [0, 0.1) is 12.7 Å². The number of hydrogen-bond donors (Lipinski definition) is 1. The molecule has 1 aliphatic heterocycles. The van der Waals surface area contributed by atoms with Crippen molar-refractivity contribution in [3.63, 3.8) is 0 Å². The minimum absolute atomic E-state index is 0.365. The third kappa shape index (κ3) is 2.58. The molecule has 1 atom stereocenters. The first kappa shape index (κ1) is 16.1. The van der Waals surface area contributed by atoms with E-state index >= 15 is 0 Å². The Morgan fingerprint density at radius 3 is 2.72 bits per heavy atom. The van der Waals surface area contributed by atoms with E-state index in [9.17, 15) is 9.50 Å². The summed E-state index contributed by atoms with van der Waals surface area (Å²) in [5, 5.41) is 10.6. The van der Waals surface area contributed by atoms with Crippen LogP contribution in [0.4, 0.5) is 4.39 Å². The Kier molecular flexibility index (Phi) is 3.94. The molecule has 1 aliphatic rings. The third-order valence-corrected chi connectivity index (χ3v) is 5.00. The van der Waals surface area contributed by atoms with Crippen molar-refractivity contribution in [1.29, 1.82) is 0 Å². The molecule has 25 heavy (non-hydrogen) atoms. The third-order valence-electron chi connectivity index (χ3n) is 4.28. The summed E-state index contributed by atoms with van der Waals surface area (Å²) in [6.45, 7) is 1.92. The predicted molar refractivity (Wildman–Crippen MR) is 97.1 cm³/mol. The molecule has 4 rings (SSSR count). The summed E-state index contributed by atoms with van der Waals surface area (Å²) >= 11 is 1.60. The fraction of sp³-hybridized carbons (Fsp3) is 0.158. The fourth-order valence-corrected chi connectivity index (χ4v) is 3.54. The number of fused-ring (bicyclic) bond motifs is 3. The molecule has 1 aromatic heterocycles. The van der Waals surface area contributed by atoms with Crippen molar-refractivity contribution >= 4 is 17.5 Å². The van der Waals surface area contributed by atoms with Crippen LogP contribution in [0.25, 0.3) is 5.69 Å². The highest BCUT2D eigenvalue weighted by Crippen LogP contribution is 2.33. The van der Waals surface area contributed by atoms with Gasteiger partial charge in [0.05, 0.1) is 11.4 Å². The van der Waals surface area contributed by atoms with Gasteiger partial charge < -0.3 is 5.11 Å². The molecule has 0 fully saturated rings. The lowest BCUT2D eigenvalue weighted by atomic mass is 10.00. The largest absolute Gasteiger partial charge is 0.365 e. The molecule has 3 aromatic rings. The Labute approximate surface area is 149 Å². The molecular weight excluding hydrogens is 337 g/mol. The van der Waals surface area contributed by atoms with Gasteiger partial charge >= 0.3 is 0 Å². The van der Waals surface area contributed by atoms with Gasteiger partial charge in [-0.15, -0.1) is 11.8 Å². The first-order valence-electron chi connectivity index (χ1n) is 7.84. The Hall–Kier alpha value is -2.44. The molecule has 0 aliphatic carbocycles. The van der Waals surface area contributed by atoms with E-state index in [1.54, 1.807) is 36.2 Å². The summed E-state index contributed by atoms with van der Waals surface area (Å²) in [7, 11) is 0. The molecule has 1 unspecified atom stereocenters. The van der Waals surface area contributed by atoms with Crippen LogP contribution in [0.1, 0.15) is 28.9 Å². The van der Waals surface area contributed by atoms with E-state index in [0.717, 1.165) is 21.8 Å². The number of aliphatic hydroxyl groups is 1. The van der Waals surface area contributed by atoms with Crippen LogP contribution < -0.4 is 0 Å². The summed E-state index contributed by atoms with van der Waals surface area (Å²) < 4.78 is 16.3. The van der Waals surface area contributed by atoms with Crippen LogP contribution in [0.3, 0.4) is 0 Å². The summed E-state index contributed by atoms with van der Waals surface area (Å²) in [5.41, 5.74) is 3.29. The van der Waals surface area contributed by atoms with E-state index in [2.05, 4.69) is 9.98 Å². The number of aliphatic imine (C=N–C) groups is 1. The monoisotopic (exact) mass is 353 g/mol. The van der Waals surface area contributed by atoms with E-state index in [1.807, 2.05) is 35.9 Å². The van der Waals surface area contributed by atoms with Gasteiger partial charge in [-0.05, 0) is 43.5 Å². The molecule has 0 bridgehead atoms. The number of rotatable bonds is 2. The molecule has 0 radical (unpaired) electrons. The molecule has 0 spiro atoms. The number of benzene rings is 2. The Bertz CT molecular complexity index is 996. The van der Waals surface area contributed by atoms with Crippen LogP contribution in [0.2, 0.25) is 0 Å². The summed E-state index contributed by atoms with van der Waals surface area (Å²) in [6.07, 6.45) is 2.53. The minimum atomic E-state index is -1.16. The molecule has 2 heterocycles. The van der Waals surface area contributed by atoms with E-state index in [4.69, 9.17) is 0 Å². The molecule has 0 amide bonds. The number of aromatic nitrogens is 2. The number of nitrogens with zero attached hydrogens (tertiary/aromatic N) is 3. The van der Waals surface area contributed by atoms with Crippen molar-refractivity contribution in [3.8, 4) is 5.69 Å². The molecule has 126 valence electrons. The van der Waals surface area contributed by atoms with Crippen molar-refractivity contribution in [2.75, 3.05) is 6.26 Å². The molecule has 0 saturated heterocycles. The van der Waals surface area contributed by atoms with Crippen LogP contribution in [-0.2, 0) is 0 Å². The lowest BCUT2D eigenvalue weighted by Crippen LogP contribution is -2.09. The van der Waals surface area contributed by atoms with E-state index in [-0.39, 0.29) is 5.82 Å². The van der Waals surface area contributed by atoms with Crippen molar-refractivity contribution in [3.05, 3.63) is 77.1 Å². The molecule has 1 N–H and O–H groups in total. The SMILES string of the molecule is CSc1ccc2c(c1)C(c1ccccc1F)=NC(O)c1ncc(C)n1-2. The second kappa shape index (κ2) is 6.13. The van der Waals surface area contributed by atoms with Gasteiger partial charge in [-0.2, -0.15) is 0 Å². The maximum absolute atomic E-state index is 14.5. The standard InChI is InChI=1S/C19H16FN3OS/c1-11-10-21-18-19(24)22-17(13-5-3-4-6-15(13)20)14-9-12(25-2)7-8-16(14)23(11)18/h3-10,19,24H,1-2H3. The Morgan fingerprint density at radius 1 is 1.16 bits per heavy atom. The van der Waals surface area contributed by atoms with Crippen molar-refractivity contribution in [1.82, 2.24) is 9.55 Å². The molecular formula is C19H16FN3OS. The van der Waals surface area contributed by atoms with E-state index in [0.29, 0.717) is 17.1 Å². The Balaban J connectivity index is 2.06. The summed E-state index contributed by atoms with van der Waals surface area (Å²) in [5.74, 6) is 0.0622. The molecule has 4 nitrogen and oxygen atoms in total. The maximum atomic E-state index is 14.5. The zero-order valence-corrected chi connectivity index (χ0v) is 14.6. The quantitative estimate of drug-likeness (QED) is 0.711. The fourth-order valence-electron chi connectivity index (χ4n) is 3.10. The lowest BCUT2D eigenvalue weighted by Gasteiger charge is -2.14. The molecule has 6 heteroatoms. The number of aliphatic hydroxyl groups excluding tert-OH is 1. The molecule has 0 saturated carbocycles. The Morgan fingerprint density at radius 2 is 1.96 bits per heavy atom.